The fraction of sp³-hybridized carbons (Fsp3) is 0.500. The second-order valence-electron chi connectivity index (χ2n) is 4.23. The van der Waals surface area contributed by atoms with Gasteiger partial charge in [-0.05, 0) is 37.8 Å². The van der Waals surface area contributed by atoms with Crippen LogP contribution in [0.2, 0.25) is 0 Å². The highest BCUT2D eigenvalue weighted by molar-refractivity contribution is 5.78. The van der Waals surface area contributed by atoms with Crippen LogP contribution in [0.3, 0.4) is 0 Å². The molecule has 0 spiro atoms. The Labute approximate surface area is 92.5 Å². The first-order valence-corrected chi connectivity index (χ1v) is 5.70. The summed E-state index contributed by atoms with van der Waals surface area (Å²) in [6.45, 7) is 5.95. The van der Waals surface area contributed by atoms with E-state index in [1.165, 1.54) is 11.1 Å². The number of carbonyl (C=O) groups is 1. The molecule has 0 aliphatic heterocycles. The molecule has 0 aliphatic rings. The van der Waals surface area contributed by atoms with Crippen molar-refractivity contribution in [2.75, 3.05) is 0 Å². The molecule has 0 unspecified atom stereocenters. The van der Waals surface area contributed by atoms with Crippen molar-refractivity contribution in [3.8, 4) is 0 Å². The molecule has 0 N–H and O–H groups in total. The van der Waals surface area contributed by atoms with Gasteiger partial charge in [0.1, 0.15) is 5.78 Å². The fourth-order valence-corrected chi connectivity index (χ4v) is 1.90. The molecule has 0 aliphatic carbocycles. The number of Topliss-reactive ketones (excluding diaryl/α,β-unsaturated/α-hetero) is 1. The number of ketones is 1. The van der Waals surface area contributed by atoms with Crippen molar-refractivity contribution in [3.63, 3.8) is 0 Å². The van der Waals surface area contributed by atoms with E-state index in [1.807, 2.05) is 12.1 Å². The minimum atomic E-state index is 0.205. The van der Waals surface area contributed by atoms with E-state index in [2.05, 4.69) is 26.0 Å². The third kappa shape index (κ3) is 3.50. The van der Waals surface area contributed by atoms with Crippen molar-refractivity contribution in [2.24, 2.45) is 5.92 Å². The molecular weight excluding hydrogens is 184 g/mol. The molecule has 0 saturated carbocycles. The van der Waals surface area contributed by atoms with Crippen molar-refractivity contribution in [1.29, 1.82) is 0 Å². The normalized spacial score (nSPS) is 12.5. The van der Waals surface area contributed by atoms with Gasteiger partial charge in [0, 0.05) is 5.92 Å². The zero-order valence-corrected chi connectivity index (χ0v) is 9.92. The summed E-state index contributed by atoms with van der Waals surface area (Å²) in [6, 6.07) is 8.33. The average Bonchev–Trinajstić information content (AvgIpc) is 2.20. The molecule has 1 aromatic carbocycles. The zero-order valence-electron chi connectivity index (χ0n) is 9.92. The molecule has 0 aromatic heterocycles. The smallest absolute Gasteiger partial charge is 0.133 e. The minimum Gasteiger partial charge on any atom is -0.300 e. The highest BCUT2D eigenvalue weighted by Gasteiger charge is 2.14. The first kappa shape index (κ1) is 12.0. The minimum absolute atomic E-state index is 0.205. The van der Waals surface area contributed by atoms with Crippen LogP contribution in [0.25, 0.3) is 0 Å². The first-order valence-electron chi connectivity index (χ1n) is 5.70. The van der Waals surface area contributed by atoms with E-state index in [0.717, 1.165) is 19.3 Å². The molecule has 0 fully saturated rings. The molecule has 1 atom stereocenters. The molecule has 0 radical (unpaired) electrons. The lowest BCUT2D eigenvalue weighted by atomic mass is 9.90. The van der Waals surface area contributed by atoms with Gasteiger partial charge in [-0.2, -0.15) is 0 Å². The standard InChI is InChI=1S/C14H20O/c1-4-7-14(12(3)15)10-13-9-6-5-8-11(13)2/h5-6,8-9,14H,4,7,10H2,1-3H3/t14-/m0/s1. The monoisotopic (exact) mass is 204 g/mol. The van der Waals surface area contributed by atoms with Gasteiger partial charge in [0.25, 0.3) is 0 Å². The van der Waals surface area contributed by atoms with Crippen LogP contribution in [0.4, 0.5) is 0 Å². The summed E-state index contributed by atoms with van der Waals surface area (Å²) in [7, 11) is 0. The van der Waals surface area contributed by atoms with E-state index < -0.39 is 0 Å². The topological polar surface area (TPSA) is 17.1 Å². The third-order valence-corrected chi connectivity index (χ3v) is 2.94. The molecule has 0 amide bonds. The Morgan fingerprint density at radius 3 is 2.53 bits per heavy atom. The lowest BCUT2D eigenvalue weighted by Gasteiger charge is -2.14. The molecule has 1 nitrogen and oxygen atoms in total. The summed E-state index contributed by atoms with van der Waals surface area (Å²) in [5.74, 6) is 0.524. The molecule has 0 heterocycles. The SMILES string of the molecule is CCC[C@@H](Cc1ccccc1C)C(C)=O. The highest BCUT2D eigenvalue weighted by Crippen LogP contribution is 2.17. The first-order chi connectivity index (χ1) is 7.15. The number of carbonyl (C=O) groups excluding carboxylic acids is 1. The summed E-state index contributed by atoms with van der Waals surface area (Å²) >= 11 is 0. The second kappa shape index (κ2) is 5.69. The summed E-state index contributed by atoms with van der Waals surface area (Å²) in [4.78, 5) is 11.4. The Bertz CT molecular complexity index is 328. The molecule has 82 valence electrons. The summed E-state index contributed by atoms with van der Waals surface area (Å²) in [6.07, 6.45) is 2.98. The molecule has 0 bridgehead atoms. The van der Waals surface area contributed by atoms with Crippen LogP contribution in [0.1, 0.15) is 37.8 Å². The fourth-order valence-electron chi connectivity index (χ4n) is 1.90. The molecule has 1 aromatic rings. The predicted molar refractivity (Wildman–Crippen MR) is 64.0 cm³/mol. The van der Waals surface area contributed by atoms with Crippen LogP contribution in [0.5, 0.6) is 0 Å². The average molecular weight is 204 g/mol. The van der Waals surface area contributed by atoms with Gasteiger partial charge in [-0.25, -0.2) is 0 Å². The van der Waals surface area contributed by atoms with Gasteiger partial charge in [0.15, 0.2) is 0 Å². The molecule has 15 heavy (non-hydrogen) atoms. The van der Waals surface area contributed by atoms with Crippen LogP contribution < -0.4 is 0 Å². The van der Waals surface area contributed by atoms with Gasteiger partial charge >= 0.3 is 0 Å². The van der Waals surface area contributed by atoms with Gasteiger partial charge in [0.2, 0.25) is 0 Å². The van der Waals surface area contributed by atoms with Crippen molar-refractivity contribution < 1.29 is 4.79 Å². The third-order valence-electron chi connectivity index (χ3n) is 2.94. The van der Waals surface area contributed by atoms with Crippen LogP contribution in [-0.2, 0) is 11.2 Å². The van der Waals surface area contributed by atoms with Gasteiger partial charge in [-0.15, -0.1) is 0 Å². The van der Waals surface area contributed by atoms with Gasteiger partial charge in [-0.1, -0.05) is 37.6 Å². The highest BCUT2D eigenvalue weighted by atomic mass is 16.1. The van der Waals surface area contributed by atoms with Crippen molar-refractivity contribution in [3.05, 3.63) is 35.4 Å². The van der Waals surface area contributed by atoms with Gasteiger partial charge < -0.3 is 0 Å². The maximum Gasteiger partial charge on any atom is 0.133 e. The molecule has 1 heteroatoms. The molecule has 1 rings (SSSR count). The van der Waals surface area contributed by atoms with E-state index in [4.69, 9.17) is 0 Å². The second-order valence-corrected chi connectivity index (χ2v) is 4.23. The number of hydrogen-bond donors (Lipinski definition) is 0. The molecular formula is C14H20O. The Hall–Kier alpha value is -1.11. The van der Waals surface area contributed by atoms with Crippen LogP contribution in [0.15, 0.2) is 24.3 Å². The number of aryl methyl sites for hydroxylation is 1. The summed E-state index contributed by atoms with van der Waals surface area (Å²) in [5.41, 5.74) is 2.60. The van der Waals surface area contributed by atoms with E-state index in [-0.39, 0.29) is 5.92 Å². The Morgan fingerprint density at radius 2 is 2.00 bits per heavy atom. The number of benzene rings is 1. The zero-order chi connectivity index (χ0) is 11.3. The van der Waals surface area contributed by atoms with Crippen molar-refractivity contribution in [1.82, 2.24) is 0 Å². The lowest BCUT2D eigenvalue weighted by Crippen LogP contribution is -2.14. The Kier molecular flexibility index (Phi) is 4.54. The predicted octanol–water partition coefficient (Wildman–Crippen LogP) is 3.54. The number of hydrogen-bond acceptors (Lipinski definition) is 1. The van der Waals surface area contributed by atoms with Crippen molar-refractivity contribution in [2.45, 2.75) is 40.0 Å². The quantitative estimate of drug-likeness (QED) is 0.717. The maximum atomic E-state index is 11.4. The van der Waals surface area contributed by atoms with Crippen LogP contribution in [0, 0.1) is 12.8 Å². The Morgan fingerprint density at radius 1 is 1.33 bits per heavy atom. The number of rotatable bonds is 5. The largest absolute Gasteiger partial charge is 0.300 e. The lowest BCUT2D eigenvalue weighted by molar-refractivity contribution is -0.120. The maximum absolute atomic E-state index is 11.4. The van der Waals surface area contributed by atoms with Gasteiger partial charge in [-0.3, -0.25) is 4.79 Å². The summed E-state index contributed by atoms with van der Waals surface area (Å²) < 4.78 is 0. The molecule has 0 saturated heterocycles. The Balaban J connectivity index is 2.74. The van der Waals surface area contributed by atoms with Crippen LogP contribution >= 0.6 is 0 Å². The van der Waals surface area contributed by atoms with Crippen LogP contribution in [-0.4, -0.2) is 5.78 Å². The van der Waals surface area contributed by atoms with E-state index in [1.54, 1.807) is 6.92 Å². The van der Waals surface area contributed by atoms with E-state index >= 15 is 0 Å². The summed E-state index contributed by atoms with van der Waals surface area (Å²) in [5, 5.41) is 0. The van der Waals surface area contributed by atoms with Crippen molar-refractivity contribution >= 4 is 5.78 Å². The van der Waals surface area contributed by atoms with Gasteiger partial charge in [0.05, 0.1) is 0 Å². The van der Waals surface area contributed by atoms with E-state index in [0.29, 0.717) is 5.78 Å². The van der Waals surface area contributed by atoms with E-state index in [9.17, 15) is 4.79 Å².